The molecule has 0 saturated heterocycles. The summed E-state index contributed by atoms with van der Waals surface area (Å²) < 4.78 is 14.4. The number of anilines is 1. The van der Waals surface area contributed by atoms with Gasteiger partial charge in [0.1, 0.15) is 11.6 Å². The summed E-state index contributed by atoms with van der Waals surface area (Å²) in [7, 11) is 1.81. The first-order valence-corrected chi connectivity index (χ1v) is 8.67. The van der Waals surface area contributed by atoms with E-state index in [0.29, 0.717) is 23.6 Å². The molecule has 0 fully saturated rings. The van der Waals surface area contributed by atoms with E-state index in [1.807, 2.05) is 31.3 Å². The molecule has 1 aliphatic carbocycles. The zero-order chi connectivity index (χ0) is 18.1. The summed E-state index contributed by atoms with van der Waals surface area (Å²) in [5, 5.41) is 4.96. The molecule has 4 rings (SSSR count). The molecule has 3 aromatic rings. The lowest BCUT2D eigenvalue weighted by atomic mass is 9.91. The first-order valence-electron chi connectivity index (χ1n) is 8.29. The number of nitrogens with zero attached hydrogens (tertiary/aromatic N) is 3. The van der Waals surface area contributed by atoms with Gasteiger partial charge in [0.2, 0.25) is 0 Å². The fourth-order valence-corrected chi connectivity index (χ4v) is 3.33. The van der Waals surface area contributed by atoms with E-state index in [9.17, 15) is 4.39 Å². The van der Waals surface area contributed by atoms with Crippen molar-refractivity contribution in [3.63, 3.8) is 0 Å². The Balaban J connectivity index is 1.85. The van der Waals surface area contributed by atoms with Crippen LogP contribution >= 0.6 is 11.6 Å². The third-order valence-electron chi connectivity index (χ3n) is 4.45. The average Bonchev–Trinajstić information content (AvgIpc) is 2.69. The maximum atomic E-state index is 14.4. The van der Waals surface area contributed by atoms with Crippen LogP contribution in [0.4, 0.5) is 10.2 Å². The van der Waals surface area contributed by atoms with Gasteiger partial charge in [-0.15, -0.1) is 0 Å². The minimum atomic E-state index is -0.369. The van der Waals surface area contributed by atoms with E-state index in [0.717, 1.165) is 16.1 Å². The number of hydrogen-bond donors (Lipinski definition) is 1. The van der Waals surface area contributed by atoms with Gasteiger partial charge in [-0.3, -0.25) is 4.98 Å². The maximum Gasteiger partial charge on any atom is 0.163 e. The SMILES string of the molecule is CNc1nc(-c2cccnc2)nc2c1=CC(c1cccc(Cl)c1F)CC=2. The van der Waals surface area contributed by atoms with E-state index in [1.165, 1.54) is 0 Å². The predicted molar refractivity (Wildman–Crippen MR) is 102 cm³/mol. The van der Waals surface area contributed by atoms with Gasteiger partial charge in [0, 0.05) is 36.1 Å². The highest BCUT2D eigenvalue weighted by molar-refractivity contribution is 6.30. The molecule has 1 N–H and O–H groups in total. The smallest absolute Gasteiger partial charge is 0.163 e. The number of nitrogens with one attached hydrogen (secondary N) is 1. The molecular weight excluding hydrogens is 351 g/mol. The highest BCUT2D eigenvalue weighted by Crippen LogP contribution is 2.29. The van der Waals surface area contributed by atoms with E-state index < -0.39 is 0 Å². The number of benzene rings is 1. The molecular formula is C20H16ClFN4. The summed E-state index contributed by atoms with van der Waals surface area (Å²) in [6.07, 6.45) is 8.12. The summed E-state index contributed by atoms with van der Waals surface area (Å²) >= 11 is 5.94. The first kappa shape index (κ1) is 16.7. The highest BCUT2D eigenvalue weighted by Gasteiger charge is 2.18. The van der Waals surface area contributed by atoms with Gasteiger partial charge < -0.3 is 5.32 Å². The Morgan fingerprint density at radius 2 is 2.08 bits per heavy atom. The van der Waals surface area contributed by atoms with Crippen LogP contribution in [0.2, 0.25) is 5.02 Å². The number of rotatable bonds is 3. The fourth-order valence-electron chi connectivity index (χ4n) is 3.15. The maximum absolute atomic E-state index is 14.4. The van der Waals surface area contributed by atoms with Crippen LogP contribution in [0.1, 0.15) is 17.9 Å². The summed E-state index contributed by atoms with van der Waals surface area (Å²) in [6, 6.07) is 8.87. The molecule has 0 bridgehead atoms. The minimum Gasteiger partial charge on any atom is -0.373 e. The van der Waals surface area contributed by atoms with E-state index in [2.05, 4.69) is 20.3 Å². The monoisotopic (exact) mass is 366 g/mol. The van der Waals surface area contributed by atoms with Crippen LogP contribution in [0.25, 0.3) is 23.5 Å². The number of halogens is 2. The Kier molecular flexibility index (Phi) is 4.39. The third-order valence-corrected chi connectivity index (χ3v) is 4.74. The molecule has 1 unspecified atom stereocenters. The van der Waals surface area contributed by atoms with Crippen molar-refractivity contribution in [2.45, 2.75) is 12.3 Å². The second-order valence-electron chi connectivity index (χ2n) is 6.04. The lowest BCUT2D eigenvalue weighted by Gasteiger charge is -2.17. The van der Waals surface area contributed by atoms with E-state index in [-0.39, 0.29) is 16.8 Å². The number of fused-ring (bicyclic) bond motifs is 1. The number of pyridine rings is 1. The molecule has 6 heteroatoms. The second kappa shape index (κ2) is 6.84. The van der Waals surface area contributed by atoms with Crippen molar-refractivity contribution in [1.29, 1.82) is 0 Å². The van der Waals surface area contributed by atoms with Crippen LogP contribution in [0.15, 0.2) is 42.7 Å². The van der Waals surface area contributed by atoms with Crippen molar-refractivity contribution in [3.05, 3.63) is 69.7 Å². The molecule has 4 nitrogen and oxygen atoms in total. The van der Waals surface area contributed by atoms with Gasteiger partial charge in [0.15, 0.2) is 5.82 Å². The van der Waals surface area contributed by atoms with Crippen molar-refractivity contribution in [2.75, 3.05) is 12.4 Å². The van der Waals surface area contributed by atoms with Crippen LogP contribution in [-0.2, 0) is 0 Å². The van der Waals surface area contributed by atoms with E-state index >= 15 is 0 Å². The quantitative estimate of drug-likeness (QED) is 0.773. The van der Waals surface area contributed by atoms with Crippen molar-refractivity contribution in [2.24, 2.45) is 0 Å². The minimum absolute atomic E-state index is 0.110. The van der Waals surface area contributed by atoms with Gasteiger partial charge in [0.05, 0.1) is 10.4 Å². The largest absolute Gasteiger partial charge is 0.373 e. The van der Waals surface area contributed by atoms with Gasteiger partial charge in [-0.05, 0) is 30.2 Å². The summed E-state index contributed by atoms with van der Waals surface area (Å²) in [5.74, 6) is 0.836. The molecule has 1 aromatic carbocycles. The van der Waals surface area contributed by atoms with Crippen LogP contribution < -0.4 is 15.9 Å². The Morgan fingerprint density at radius 3 is 2.85 bits per heavy atom. The average molecular weight is 367 g/mol. The molecule has 0 amide bonds. The van der Waals surface area contributed by atoms with Crippen molar-refractivity contribution < 1.29 is 4.39 Å². The Morgan fingerprint density at radius 1 is 1.19 bits per heavy atom. The van der Waals surface area contributed by atoms with Crippen molar-refractivity contribution >= 4 is 29.6 Å². The fraction of sp³-hybridized carbons (Fsp3) is 0.150. The Labute approximate surface area is 155 Å². The van der Waals surface area contributed by atoms with Crippen LogP contribution in [0.5, 0.6) is 0 Å². The molecule has 0 radical (unpaired) electrons. The number of aromatic nitrogens is 3. The molecule has 1 atom stereocenters. The third kappa shape index (κ3) is 2.95. The topological polar surface area (TPSA) is 50.7 Å². The summed E-state index contributed by atoms with van der Waals surface area (Å²) in [6.45, 7) is 0. The molecule has 26 heavy (non-hydrogen) atoms. The predicted octanol–water partition coefficient (Wildman–Crippen LogP) is 3.12. The summed E-state index contributed by atoms with van der Waals surface area (Å²) in [4.78, 5) is 13.4. The van der Waals surface area contributed by atoms with Crippen molar-refractivity contribution in [1.82, 2.24) is 15.0 Å². The van der Waals surface area contributed by atoms with E-state index in [1.54, 1.807) is 30.6 Å². The second-order valence-corrected chi connectivity index (χ2v) is 6.45. The molecule has 0 spiro atoms. The molecule has 0 saturated carbocycles. The number of hydrogen-bond acceptors (Lipinski definition) is 4. The standard InChI is InChI=1S/C20H16ClFN4/c1-23-20-15-10-12(14-5-2-6-16(21)18(14)22)7-8-17(15)25-19(26-20)13-4-3-9-24-11-13/h2-6,8-12H,7H2,1H3,(H,23,25,26). The van der Waals surface area contributed by atoms with Crippen LogP contribution in [0, 0.1) is 5.82 Å². The summed E-state index contributed by atoms with van der Waals surface area (Å²) in [5.41, 5.74) is 1.43. The van der Waals surface area contributed by atoms with Gasteiger partial charge >= 0.3 is 0 Å². The zero-order valence-corrected chi connectivity index (χ0v) is 14.8. The Hall–Kier alpha value is -2.79. The van der Waals surface area contributed by atoms with Crippen molar-refractivity contribution in [3.8, 4) is 11.4 Å². The highest BCUT2D eigenvalue weighted by atomic mass is 35.5. The van der Waals surface area contributed by atoms with Crippen LogP contribution in [-0.4, -0.2) is 22.0 Å². The van der Waals surface area contributed by atoms with Gasteiger partial charge in [-0.1, -0.05) is 35.9 Å². The molecule has 130 valence electrons. The van der Waals surface area contributed by atoms with Gasteiger partial charge in [-0.2, -0.15) is 0 Å². The Bertz CT molecular complexity index is 1080. The molecule has 1 aliphatic rings. The van der Waals surface area contributed by atoms with E-state index in [4.69, 9.17) is 11.6 Å². The van der Waals surface area contributed by atoms with Gasteiger partial charge in [-0.25, -0.2) is 14.4 Å². The van der Waals surface area contributed by atoms with Crippen LogP contribution in [0.3, 0.4) is 0 Å². The molecule has 2 heterocycles. The molecule has 2 aromatic heterocycles. The van der Waals surface area contributed by atoms with Gasteiger partial charge in [0.25, 0.3) is 0 Å². The first-order chi connectivity index (χ1) is 12.7. The lowest BCUT2D eigenvalue weighted by molar-refractivity contribution is 0.604. The lowest BCUT2D eigenvalue weighted by Crippen LogP contribution is -2.35. The molecule has 0 aliphatic heterocycles. The zero-order valence-electron chi connectivity index (χ0n) is 14.1. The normalized spacial score (nSPS) is 15.6.